The molecule has 2 aromatic carbocycles. The lowest BCUT2D eigenvalue weighted by Crippen LogP contribution is -2.25. The third kappa shape index (κ3) is 3.93. The van der Waals surface area contributed by atoms with Crippen molar-refractivity contribution in [2.75, 3.05) is 6.54 Å². The summed E-state index contributed by atoms with van der Waals surface area (Å²) in [5.74, 6) is -0.111. The third-order valence-corrected chi connectivity index (χ3v) is 4.05. The van der Waals surface area contributed by atoms with Gasteiger partial charge in [0.1, 0.15) is 5.82 Å². The summed E-state index contributed by atoms with van der Waals surface area (Å²) < 4.78 is 15.7. The zero-order chi connectivity index (χ0) is 17.8. The highest BCUT2D eigenvalue weighted by Gasteiger charge is 2.18. The van der Waals surface area contributed by atoms with Gasteiger partial charge in [-0.1, -0.05) is 22.9 Å². The maximum absolute atomic E-state index is 13.2. The SMILES string of the molecule is CCCNC(=O)c1nc(-c2ccc(F)cc2)n(-c2ccc(Br)cc2)n1. The number of hydrogen-bond acceptors (Lipinski definition) is 3. The van der Waals surface area contributed by atoms with Crippen molar-refractivity contribution < 1.29 is 9.18 Å². The van der Waals surface area contributed by atoms with E-state index in [1.165, 1.54) is 12.1 Å². The van der Waals surface area contributed by atoms with Crippen LogP contribution in [-0.2, 0) is 0 Å². The van der Waals surface area contributed by atoms with Gasteiger partial charge < -0.3 is 5.32 Å². The predicted octanol–water partition coefficient (Wildman–Crippen LogP) is 3.98. The number of hydrogen-bond donors (Lipinski definition) is 1. The fourth-order valence-electron chi connectivity index (χ4n) is 2.27. The highest BCUT2D eigenvalue weighted by Crippen LogP contribution is 2.22. The molecule has 0 saturated heterocycles. The minimum atomic E-state index is -0.334. The largest absolute Gasteiger partial charge is 0.349 e. The second-order valence-corrected chi connectivity index (χ2v) is 6.33. The lowest BCUT2D eigenvalue weighted by atomic mass is 10.2. The van der Waals surface area contributed by atoms with Crippen LogP contribution in [0.4, 0.5) is 4.39 Å². The Bertz CT molecular complexity index is 812. The van der Waals surface area contributed by atoms with Crippen molar-refractivity contribution in [1.29, 1.82) is 0 Å². The summed E-state index contributed by atoms with van der Waals surface area (Å²) in [5, 5.41) is 7.11. The molecule has 0 unspecified atom stereocenters. The number of aromatic nitrogens is 3. The molecular formula is C18H16BrFN4O. The molecule has 3 aromatic rings. The number of benzene rings is 2. The maximum atomic E-state index is 13.2. The van der Waals surface area contributed by atoms with Gasteiger partial charge in [-0.05, 0) is 55.0 Å². The zero-order valence-corrected chi connectivity index (χ0v) is 15.1. The van der Waals surface area contributed by atoms with Gasteiger partial charge in [-0.2, -0.15) is 0 Å². The van der Waals surface area contributed by atoms with Crippen molar-refractivity contribution in [3.63, 3.8) is 0 Å². The minimum Gasteiger partial charge on any atom is -0.349 e. The van der Waals surface area contributed by atoms with E-state index in [9.17, 15) is 9.18 Å². The summed E-state index contributed by atoms with van der Waals surface area (Å²) in [6.07, 6.45) is 0.823. The second kappa shape index (κ2) is 7.57. The summed E-state index contributed by atoms with van der Waals surface area (Å²) in [6.45, 7) is 2.52. The molecule has 0 aliphatic heterocycles. The van der Waals surface area contributed by atoms with Crippen LogP contribution < -0.4 is 5.32 Å². The van der Waals surface area contributed by atoms with Crippen LogP contribution in [-0.4, -0.2) is 27.2 Å². The molecule has 0 fully saturated rings. The van der Waals surface area contributed by atoms with Crippen molar-refractivity contribution in [2.45, 2.75) is 13.3 Å². The van der Waals surface area contributed by atoms with Crippen LogP contribution in [0, 0.1) is 5.82 Å². The molecule has 1 amide bonds. The molecule has 3 rings (SSSR count). The number of nitrogens with zero attached hydrogens (tertiary/aromatic N) is 3. The van der Waals surface area contributed by atoms with E-state index in [0.29, 0.717) is 17.9 Å². The van der Waals surface area contributed by atoms with Crippen molar-refractivity contribution in [3.8, 4) is 17.1 Å². The molecule has 7 heteroatoms. The van der Waals surface area contributed by atoms with Gasteiger partial charge in [-0.25, -0.2) is 14.1 Å². The quantitative estimate of drug-likeness (QED) is 0.701. The van der Waals surface area contributed by atoms with E-state index < -0.39 is 0 Å². The molecule has 0 bridgehead atoms. The van der Waals surface area contributed by atoms with Gasteiger partial charge in [0, 0.05) is 16.6 Å². The first-order chi connectivity index (χ1) is 12.1. The standard InChI is InChI=1S/C18H16BrFN4O/c1-2-11-21-18(25)16-22-17(12-3-7-14(20)8-4-12)24(23-16)15-9-5-13(19)6-10-15/h3-10H,2,11H2,1H3,(H,21,25). The van der Waals surface area contributed by atoms with E-state index in [4.69, 9.17) is 0 Å². The van der Waals surface area contributed by atoms with Gasteiger partial charge in [0.2, 0.25) is 5.82 Å². The lowest BCUT2D eigenvalue weighted by Gasteiger charge is -2.06. The maximum Gasteiger partial charge on any atom is 0.290 e. The third-order valence-electron chi connectivity index (χ3n) is 3.52. The number of amides is 1. The van der Waals surface area contributed by atoms with Crippen molar-refractivity contribution >= 4 is 21.8 Å². The fourth-order valence-corrected chi connectivity index (χ4v) is 2.54. The number of rotatable bonds is 5. The van der Waals surface area contributed by atoms with E-state index in [1.54, 1.807) is 16.8 Å². The molecule has 128 valence electrons. The summed E-state index contributed by atoms with van der Waals surface area (Å²) >= 11 is 3.40. The van der Waals surface area contributed by atoms with Crippen molar-refractivity contribution in [1.82, 2.24) is 20.1 Å². The van der Waals surface area contributed by atoms with Crippen molar-refractivity contribution in [2.24, 2.45) is 0 Å². The van der Waals surface area contributed by atoms with Gasteiger partial charge in [-0.15, -0.1) is 5.10 Å². The predicted molar refractivity (Wildman–Crippen MR) is 97.1 cm³/mol. The van der Waals surface area contributed by atoms with E-state index in [-0.39, 0.29) is 17.5 Å². The Morgan fingerprint density at radius 3 is 2.48 bits per heavy atom. The van der Waals surface area contributed by atoms with Gasteiger partial charge in [0.25, 0.3) is 5.91 Å². The molecule has 25 heavy (non-hydrogen) atoms. The second-order valence-electron chi connectivity index (χ2n) is 5.41. The summed E-state index contributed by atoms with van der Waals surface area (Å²) in [4.78, 5) is 16.6. The van der Waals surface area contributed by atoms with Crippen LogP contribution in [0.2, 0.25) is 0 Å². The summed E-state index contributed by atoms with van der Waals surface area (Å²) in [7, 11) is 0. The van der Waals surface area contributed by atoms with Crippen LogP contribution >= 0.6 is 15.9 Å². The first kappa shape index (κ1) is 17.3. The molecule has 5 nitrogen and oxygen atoms in total. The highest BCUT2D eigenvalue weighted by atomic mass is 79.9. The van der Waals surface area contributed by atoms with Crippen LogP contribution in [0.1, 0.15) is 24.0 Å². The monoisotopic (exact) mass is 402 g/mol. The molecular weight excluding hydrogens is 387 g/mol. The molecule has 0 atom stereocenters. The summed E-state index contributed by atoms with van der Waals surface area (Å²) in [6, 6.07) is 13.4. The minimum absolute atomic E-state index is 0.0793. The Kier molecular flexibility index (Phi) is 5.23. The molecule has 0 aliphatic carbocycles. The average molecular weight is 403 g/mol. The molecule has 0 spiro atoms. The van der Waals surface area contributed by atoms with E-state index >= 15 is 0 Å². The van der Waals surface area contributed by atoms with Gasteiger partial charge >= 0.3 is 0 Å². The highest BCUT2D eigenvalue weighted by molar-refractivity contribution is 9.10. The molecule has 0 radical (unpaired) electrons. The van der Waals surface area contributed by atoms with Crippen LogP contribution in [0.3, 0.4) is 0 Å². The van der Waals surface area contributed by atoms with Crippen LogP contribution in [0.15, 0.2) is 53.0 Å². The molecule has 1 N–H and O–H groups in total. The smallest absolute Gasteiger partial charge is 0.290 e. The number of nitrogens with one attached hydrogen (secondary N) is 1. The Morgan fingerprint density at radius 2 is 1.84 bits per heavy atom. The normalized spacial score (nSPS) is 10.7. The average Bonchev–Trinajstić information content (AvgIpc) is 3.06. The Labute approximate surface area is 153 Å². The van der Waals surface area contributed by atoms with E-state index in [2.05, 4.69) is 31.3 Å². The van der Waals surface area contributed by atoms with Crippen molar-refractivity contribution in [3.05, 3.63) is 64.6 Å². The van der Waals surface area contributed by atoms with Gasteiger partial charge in [0.15, 0.2) is 5.82 Å². The molecule has 0 aliphatic rings. The Morgan fingerprint density at radius 1 is 1.16 bits per heavy atom. The van der Waals surface area contributed by atoms with E-state index in [1.807, 2.05) is 31.2 Å². The van der Waals surface area contributed by atoms with E-state index in [0.717, 1.165) is 16.6 Å². The summed E-state index contributed by atoms with van der Waals surface area (Å²) in [5.41, 5.74) is 1.43. The number of halogens is 2. The zero-order valence-electron chi connectivity index (χ0n) is 13.5. The first-order valence-electron chi connectivity index (χ1n) is 7.85. The molecule has 0 saturated carbocycles. The lowest BCUT2D eigenvalue weighted by molar-refractivity contribution is 0.0943. The van der Waals surface area contributed by atoms with Crippen LogP contribution in [0.5, 0.6) is 0 Å². The van der Waals surface area contributed by atoms with Crippen LogP contribution in [0.25, 0.3) is 17.1 Å². The topological polar surface area (TPSA) is 59.8 Å². The Hall–Kier alpha value is -2.54. The van der Waals surface area contributed by atoms with Gasteiger partial charge in [0.05, 0.1) is 5.69 Å². The fraction of sp³-hybridized carbons (Fsp3) is 0.167. The number of carbonyl (C=O) groups is 1. The Balaban J connectivity index is 2.07. The molecule has 1 heterocycles. The molecule has 1 aromatic heterocycles. The van der Waals surface area contributed by atoms with Gasteiger partial charge in [-0.3, -0.25) is 4.79 Å². The first-order valence-corrected chi connectivity index (χ1v) is 8.65. The number of carbonyl (C=O) groups excluding carboxylic acids is 1.